The molecule has 0 atom stereocenters. The number of hydrogen-bond donors (Lipinski definition) is 1. The molecule has 0 aliphatic rings. The quantitative estimate of drug-likeness (QED) is 0.898. The van der Waals surface area contributed by atoms with E-state index < -0.39 is 13.0 Å². The van der Waals surface area contributed by atoms with E-state index >= 15 is 0 Å². The number of nitrogens with zero attached hydrogens (tertiary/aromatic N) is 1. The Kier molecular flexibility index (Phi) is 5.28. The average molecular weight is 279 g/mol. The molecule has 18 heavy (non-hydrogen) atoms. The molecule has 1 aromatic rings. The lowest BCUT2D eigenvalue weighted by atomic mass is 10.1. The predicted molar refractivity (Wildman–Crippen MR) is 67.3 cm³/mol. The van der Waals surface area contributed by atoms with Crippen molar-refractivity contribution >= 4 is 11.6 Å². The van der Waals surface area contributed by atoms with Crippen molar-refractivity contribution in [1.82, 2.24) is 10.3 Å². The van der Waals surface area contributed by atoms with E-state index in [0.29, 0.717) is 11.6 Å². The fourth-order valence-electron chi connectivity index (χ4n) is 1.18. The number of halogens is 3. The van der Waals surface area contributed by atoms with Crippen LogP contribution in [-0.2, 0) is 6.54 Å². The van der Waals surface area contributed by atoms with E-state index in [4.69, 9.17) is 16.3 Å². The molecule has 0 unspecified atom stereocenters. The fourth-order valence-corrected chi connectivity index (χ4v) is 1.35. The molecule has 0 radical (unpaired) electrons. The monoisotopic (exact) mass is 278 g/mol. The summed E-state index contributed by atoms with van der Waals surface area (Å²) in [4.78, 5) is 3.84. The van der Waals surface area contributed by atoms with Crippen LogP contribution in [0.2, 0.25) is 5.02 Å². The molecule has 0 spiro atoms. The fraction of sp³-hybridized carbons (Fsp3) is 0.583. The molecule has 0 fully saturated rings. The Bertz CT molecular complexity index is 394. The Morgan fingerprint density at radius 3 is 2.67 bits per heavy atom. The number of alkyl halides is 2. The van der Waals surface area contributed by atoms with Crippen LogP contribution >= 0.6 is 11.6 Å². The molecule has 3 nitrogen and oxygen atoms in total. The molecule has 6 heteroatoms. The van der Waals surface area contributed by atoms with Crippen LogP contribution in [0.4, 0.5) is 8.78 Å². The Morgan fingerprint density at radius 2 is 2.11 bits per heavy atom. The van der Waals surface area contributed by atoms with Crippen LogP contribution in [-0.4, -0.2) is 23.6 Å². The van der Waals surface area contributed by atoms with Gasteiger partial charge in [-0.2, -0.15) is 0 Å². The van der Waals surface area contributed by atoms with Crippen LogP contribution in [0.5, 0.6) is 5.88 Å². The van der Waals surface area contributed by atoms with Gasteiger partial charge >= 0.3 is 0 Å². The van der Waals surface area contributed by atoms with Crippen molar-refractivity contribution in [3.63, 3.8) is 0 Å². The van der Waals surface area contributed by atoms with Crippen LogP contribution in [0.15, 0.2) is 12.3 Å². The number of hydrogen-bond acceptors (Lipinski definition) is 3. The third kappa shape index (κ3) is 5.60. The van der Waals surface area contributed by atoms with Gasteiger partial charge in [-0.1, -0.05) is 11.6 Å². The summed E-state index contributed by atoms with van der Waals surface area (Å²) < 4.78 is 28.9. The number of aromatic nitrogens is 1. The normalized spacial score (nSPS) is 11.9. The Balaban J connectivity index is 2.69. The van der Waals surface area contributed by atoms with Gasteiger partial charge in [0.2, 0.25) is 5.88 Å². The predicted octanol–water partition coefficient (Wildman–Crippen LogP) is 3.27. The first-order valence-corrected chi connectivity index (χ1v) is 5.96. The molecule has 1 rings (SSSR count). The van der Waals surface area contributed by atoms with Crippen LogP contribution in [0, 0.1) is 0 Å². The van der Waals surface area contributed by atoms with Crippen molar-refractivity contribution in [2.24, 2.45) is 0 Å². The lowest BCUT2D eigenvalue weighted by molar-refractivity contribution is 0.0795. The molecule has 0 amide bonds. The van der Waals surface area contributed by atoms with E-state index in [1.54, 1.807) is 6.07 Å². The molecule has 0 saturated heterocycles. The van der Waals surface area contributed by atoms with Crippen molar-refractivity contribution in [2.75, 3.05) is 6.61 Å². The van der Waals surface area contributed by atoms with Crippen molar-refractivity contribution in [3.05, 3.63) is 22.8 Å². The maximum Gasteiger partial charge on any atom is 0.272 e. The van der Waals surface area contributed by atoms with Gasteiger partial charge in [-0.25, -0.2) is 13.8 Å². The Morgan fingerprint density at radius 1 is 1.44 bits per heavy atom. The number of pyridine rings is 1. The maximum atomic E-state index is 12.0. The second kappa shape index (κ2) is 6.29. The zero-order chi connectivity index (χ0) is 13.8. The lowest BCUT2D eigenvalue weighted by Crippen LogP contribution is -2.35. The molecule has 0 aliphatic heterocycles. The molecule has 0 saturated carbocycles. The molecule has 1 N–H and O–H groups in total. The summed E-state index contributed by atoms with van der Waals surface area (Å²) in [6.07, 6.45) is -1.11. The highest BCUT2D eigenvalue weighted by Crippen LogP contribution is 2.20. The van der Waals surface area contributed by atoms with Gasteiger partial charge in [0, 0.05) is 24.3 Å². The maximum absolute atomic E-state index is 12.0. The van der Waals surface area contributed by atoms with E-state index in [9.17, 15) is 8.78 Å². The minimum Gasteiger partial charge on any atom is -0.472 e. The molecule has 1 aromatic heterocycles. The zero-order valence-corrected chi connectivity index (χ0v) is 11.4. The smallest absolute Gasteiger partial charge is 0.272 e. The summed E-state index contributed by atoms with van der Waals surface area (Å²) >= 11 is 5.98. The SMILES string of the molecule is CC(C)(C)NCc1cc(OCC(F)F)ncc1Cl. The summed E-state index contributed by atoms with van der Waals surface area (Å²) in [6, 6.07) is 1.57. The van der Waals surface area contributed by atoms with Gasteiger partial charge in [-0.3, -0.25) is 0 Å². The molecular formula is C12H17ClF2N2O. The molecule has 1 heterocycles. The van der Waals surface area contributed by atoms with Crippen molar-refractivity contribution in [2.45, 2.75) is 39.3 Å². The first kappa shape index (κ1) is 15.1. The van der Waals surface area contributed by atoms with Gasteiger partial charge in [0.1, 0.15) is 0 Å². The van der Waals surface area contributed by atoms with E-state index in [1.165, 1.54) is 6.20 Å². The third-order valence-electron chi connectivity index (χ3n) is 2.08. The summed E-state index contributed by atoms with van der Waals surface area (Å²) in [6.45, 7) is 5.93. The van der Waals surface area contributed by atoms with Crippen molar-refractivity contribution in [1.29, 1.82) is 0 Å². The van der Waals surface area contributed by atoms with Gasteiger partial charge in [-0.05, 0) is 26.3 Å². The van der Waals surface area contributed by atoms with Gasteiger partial charge in [0.25, 0.3) is 6.43 Å². The van der Waals surface area contributed by atoms with Gasteiger partial charge in [0.05, 0.1) is 5.02 Å². The largest absolute Gasteiger partial charge is 0.472 e. The van der Waals surface area contributed by atoms with Gasteiger partial charge in [-0.15, -0.1) is 0 Å². The van der Waals surface area contributed by atoms with E-state index in [0.717, 1.165) is 5.56 Å². The Hall–Kier alpha value is -0.940. The van der Waals surface area contributed by atoms with E-state index in [2.05, 4.69) is 10.3 Å². The second-order valence-corrected chi connectivity index (χ2v) is 5.33. The molecule has 102 valence electrons. The number of ether oxygens (including phenoxy) is 1. The summed E-state index contributed by atoms with van der Waals surface area (Å²) in [7, 11) is 0. The lowest BCUT2D eigenvalue weighted by Gasteiger charge is -2.21. The first-order chi connectivity index (χ1) is 8.28. The molecule has 0 bridgehead atoms. The van der Waals surface area contributed by atoms with Crippen molar-refractivity contribution < 1.29 is 13.5 Å². The highest BCUT2D eigenvalue weighted by atomic mass is 35.5. The summed E-state index contributed by atoms with van der Waals surface area (Å²) in [5, 5.41) is 3.74. The summed E-state index contributed by atoms with van der Waals surface area (Å²) in [5.74, 6) is 0.158. The molecule has 0 aromatic carbocycles. The summed E-state index contributed by atoms with van der Waals surface area (Å²) in [5.41, 5.74) is 0.710. The van der Waals surface area contributed by atoms with E-state index in [1.807, 2.05) is 20.8 Å². The Labute approximate surface area is 111 Å². The van der Waals surface area contributed by atoms with Crippen LogP contribution < -0.4 is 10.1 Å². The average Bonchev–Trinajstić information content (AvgIpc) is 2.25. The molecular weight excluding hydrogens is 262 g/mol. The first-order valence-electron chi connectivity index (χ1n) is 5.58. The van der Waals surface area contributed by atoms with Crippen LogP contribution in [0.1, 0.15) is 26.3 Å². The minimum absolute atomic E-state index is 0.0589. The van der Waals surface area contributed by atoms with Crippen LogP contribution in [0.3, 0.4) is 0 Å². The van der Waals surface area contributed by atoms with E-state index in [-0.39, 0.29) is 11.4 Å². The number of rotatable bonds is 5. The minimum atomic E-state index is -2.52. The second-order valence-electron chi connectivity index (χ2n) is 4.92. The standard InChI is InChI=1S/C12H17ClF2N2O/c1-12(2,3)17-5-8-4-11(16-6-9(8)13)18-7-10(14)15/h4,6,10,17H,5,7H2,1-3H3. The van der Waals surface area contributed by atoms with Gasteiger partial charge < -0.3 is 10.1 Å². The molecule has 0 aliphatic carbocycles. The number of nitrogens with one attached hydrogen (secondary N) is 1. The van der Waals surface area contributed by atoms with Gasteiger partial charge in [0.15, 0.2) is 6.61 Å². The van der Waals surface area contributed by atoms with Crippen LogP contribution in [0.25, 0.3) is 0 Å². The zero-order valence-electron chi connectivity index (χ0n) is 10.6. The third-order valence-corrected chi connectivity index (χ3v) is 2.42. The highest BCUT2D eigenvalue weighted by Gasteiger charge is 2.12. The van der Waals surface area contributed by atoms with Crippen molar-refractivity contribution in [3.8, 4) is 5.88 Å². The topological polar surface area (TPSA) is 34.1 Å². The highest BCUT2D eigenvalue weighted by molar-refractivity contribution is 6.31.